The summed E-state index contributed by atoms with van der Waals surface area (Å²) in [5.74, 6) is 4.46. The normalized spacial score (nSPS) is 10.9. The molecule has 0 amide bonds. The van der Waals surface area contributed by atoms with Crippen molar-refractivity contribution in [3.63, 3.8) is 0 Å². The van der Waals surface area contributed by atoms with Crippen molar-refractivity contribution in [2.45, 2.75) is 46.5 Å². The molecule has 11 heavy (non-hydrogen) atoms. The third-order valence-corrected chi connectivity index (χ3v) is 4.61. The predicted octanol–water partition coefficient (Wildman–Crippen LogP) is 3.22. The van der Waals surface area contributed by atoms with Crippen LogP contribution in [0.2, 0.25) is 0 Å². The van der Waals surface area contributed by atoms with Crippen LogP contribution in [0.5, 0.6) is 0 Å². The van der Waals surface area contributed by atoms with Gasteiger partial charge in [-0.3, -0.25) is 0 Å². The van der Waals surface area contributed by atoms with Gasteiger partial charge >= 0.3 is 0 Å². The first kappa shape index (κ1) is 11.4. The van der Waals surface area contributed by atoms with Gasteiger partial charge in [0.2, 0.25) is 0 Å². The minimum absolute atomic E-state index is 0.776. The molecule has 0 saturated carbocycles. The average molecular weight is 175 g/mol. The van der Waals surface area contributed by atoms with Crippen LogP contribution in [-0.4, -0.2) is 17.3 Å². The Bertz CT molecular complexity index is 65.3. The highest BCUT2D eigenvalue weighted by Crippen LogP contribution is 2.05. The Hall–Kier alpha value is 0.350. The SMILES string of the molecule is CCCC[S+](CCC)CCC. The highest BCUT2D eigenvalue weighted by Gasteiger charge is 2.13. The number of hydrogen-bond acceptors (Lipinski definition) is 0. The lowest BCUT2D eigenvalue weighted by atomic mass is 10.4. The predicted molar refractivity (Wildman–Crippen MR) is 57.5 cm³/mol. The van der Waals surface area contributed by atoms with Crippen LogP contribution in [0.3, 0.4) is 0 Å². The van der Waals surface area contributed by atoms with Crippen molar-refractivity contribution in [1.29, 1.82) is 0 Å². The van der Waals surface area contributed by atoms with Crippen LogP contribution >= 0.6 is 0 Å². The van der Waals surface area contributed by atoms with E-state index in [0.29, 0.717) is 0 Å². The van der Waals surface area contributed by atoms with E-state index in [1.807, 2.05) is 0 Å². The minimum atomic E-state index is 0.776. The second-order valence-electron chi connectivity index (χ2n) is 3.08. The molecule has 0 aromatic heterocycles. The molecule has 0 aromatic carbocycles. The maximum absolute atomic E-state index is 2.31. The van der Waals surface area contributed by atoms with E-state index in [1.165, 1.54) is 42.9 Å². The Balaban J connectivity index is 3.34. The fourth-order valence-corrected chi connectivity index (χ4v) is 3.70. The Morgan fingerprint density at radius 3 is 1.64 bits per heavy atom. The molecule has 0 unspecified atom stereocenters. The van der Waals surface area contributed by atoms with Crippen LogP contribution < -0.4 is 0 Å². The van der Waals surface area contributed by atoms with E-state index in [9.17, 15) is 0 Å². The fraction of sp³-hybridized carbons (Fsp3) is 1.00. The van der Waals surface area contributed by atoms with E-state index < -0.39 is 0 Å². The van der Waals surface area contributed by atoms with Crippen molar-refractivity contribution in [3.05, 3.63) is 0 Å². The van der Waals surface area contributed by atoms with Crippen molar-refractivity contribution in [3.8, 4) is 0 Å². The third kappa shape index (κ3) is 6.74. The first-order chi connectivity index (χ1) is 5.35. The molecule has 0 rings (SSSR count). The summed E-state index contributed by atoms with van der Waals surface area (Å²) in [4.78, 5) is 0. The van der Waals surface area contributed by atoms with Crippen LogP contribution in [0, 0.1) is 0 Å². The van der Waals surface area contributed by atoms with Gasteiger partial charge < -0.3 is 0 Å². The van der Waals surface area contributed by atoms with Crippen molar-refractivity contribution in [2.75, 3.05) is 17.3 Å². The molecule has 0 spiro atoms. The molecule has 1 heteroatoms. The Labute approximate surface area is 75.1 Å². The van der Waals surface area contributed by atoms with Gasteiger partial charge in [-0.25, -0.2) is 0 Å². The molecule has 0 saturated heterocycles. The second-order valence-corrected chi connectivity index (χ2v) is 5.53. The van der Waals surface area contributed by atoms with Crippen LogP contribution in [0.1, 0.15) is 46.5 Å². The van der Waals surface area contributed by atoms with Crippen molar-refractivity contribution in [1.82, 2.24) is 0 Å². The van der Waals surface area contributed by atoms with Gasteiger partial charge in [-0.1, -0.05) is 27.2 Å². The van der Waals surface area contributed by atoms with E-state index in [2.05, 4.69) is 20.8 Å². The largest absolute Gasteiger partial charge is 0.108 e. The lowest BCUT2D eigenvalue weighted by Crippen LogP contribution is -2.15. The summed E-state index contributed by atoms with van der Waals surface area (Å²) in [7, 11) is 0.776. The molecule has 68 valence electrons. The molecule has 0 aliphatic carbocycles. The molecule has 0 radical (unpaired) electrons. The zero-order chi connectivity index (χ0) is 8.53. The molecule has 0 fully saturated rings. The summed E-state index contributed by atoms with van der Waals surface area (Å²) >= 11 is 0. The smallest absolute Gasteiger partial charge is 0.0652 e. The summed E-state index contributed by atoms with van der Waals surface area (Å²) in [5, 5.41) is 0. The number of rotatable bonds is 7. The number of hydrogen-bond donors (Lipinski definition) is 0. The summed E-state index contributed by atoms with van der Waals surface area (Å²) in [6.45, 7) is 6.91. The van der Waals surface area contributed by atoms with E-state index in [1.54, 1.807) is 0 Å². The lowest BCUT2D eigenvalue weighted by Gasteiger charge is -2.05. The summed E-state index contributed by atoms with van der Waals surface area (Å²) < 4.78 is 0. The molecular formula is C10H23S+. The fourth-order valence-electron chi connectivity index (χ4n) is 1.23. The van der Waals surface area contributed by atoms with Crippen molar-refractivity contribution < 1.29 is 0 Å². The highest BCUT2D eigenvalue weighted by atomic mass is 32.2. The Kier molecular flexibility index (Phi) is 8.72. The lowest BCUT2D eigenvalue weighted by molar-refractivity contribution is 0.887. The standard InChI is InChI=1S/C10H23S/c1-4-7-10-11(8-5-2)9-6-3/h4-10H2,1-3H3/q+1. The molecule has 0 heterocycles. The van der Waals surface area contributed by atoms with E-state index >= 15 is 0 Å². The zero-order valence-corrected chi connectivity index (χ0v) is 9.17. The maximum Gasteiger partial charge on any atom is 0.108 e. The van der Waals surface area contributed by atoms with Gasteiger partial charge in [-0.2, -0.15) is 0 Å². The summed E-state index contributed by atoms with van der Waals surface area (Å²) in [6.07, 6.45) is 5.58. The van der Waals surface area contributed by atoms with Gasteiger partial charge in [0.1, 0.15) is 17.3 Å². The average Bonchev–Trinajstić information content (AvgIpc) is 2.01. The molecule has 0 aliphatic rings. The second kappa shape index (κ2) is 8.45. The molecule has 0 nitrogen and oxygen atoms in total. The molecule has 0 bridgehead atoms. The van der Waals surface area contributed by atoms with Crippen LogP contribution in [0.15, 0.2) is 0 Å². The first-order valence-corrected chi connectivity index (χ1v) is 6.72. The monoisotopic (exact) mass is 175 g/mol. The van der Waals surface area contributed by atoms with Crippen LogP contribution in [-0.2, 0) is 10.9 Å². The van der Waals surface area contributed by atoms with Gasteiger partial charge in [0.15, 0.2) is 0 Å². The van der Waals surface area contributed by atoms with E-state index in [4.69, 9.17) is 0 Å². The van der Waals surface area contributed by atoms with Gasteiger partial charge in [0.25, 0.3) is 0 Å². The van der Waals surface area contributed by atoms with Gasteiger partial charge in [-0.15, -0.1) is 0 Å². The quantitative estimate of drug-likeness (QED) is 0.521. The number of unbranched alkanes of at least 4 members (excludes halogenated alkanes) is 1. The van der Waals surface area contributed by atoms with Gasteiger partial charge in [0.05, 0.1) is 0 Å². The first-order valence-electron chi connectivity index (χ1n) is 4.99. The van der Waals surface area contributed by atoms with Gasteiger partial charge in [0, 0.05) is 0 Å². The van der Waals surface area contributed by atoms with Crippen LogP contribution in [0.4, 0.5) is 0 Å². The minimum Gasteiger partial charge on any atom is -0.0652 e. The molecular weight excluding hydrogens is 152 g/mol. The van der Waals surface area contributed by atoms with E-state index in [0.717, 1.165) is 10.9 Å². The molecule has 0 aromatic rings. The van der Waals surface area contributed by atoms with Crippen molar-refractivity contribution >= 4 is 10.9 Å². The topological polar surface area (TPSA) is 0 Å². The van der Waals surface area contributed by atoms with Crippen LogP contribution in [0.25, 0.3) is 0 Å². The van der Waals surface area contributed by atoms with Gasteiger partial charge in [-0.05, 0) is 30.2 Å². The van der Waals surface area contributed by atoms with Crippen molar-refractivity contribution in [2.24, 2.45) is 0 Å². The molecule has 0 aliphatic heterocycles. The summed E-state index contributed by atoms with van der Waals surface area (Å²) in [5.41, 5.74) is 0. The van der Waals surface area contributed by atoms with E-state index in [-0.39, 0.29) is 0 Å². The maximum atomic E-state index is 2.31. The molecule has 0 N–H and O–H groups in total. The summed E-state index contributed by atoms with van der Waals surface area (Å²) in [6, 6.07) is 0. The third-order valence-electron chi connectivity index (χ3n) is 1.77. The Morgan fingerprint density at radius 1 is 0.727 bits per heavy atom. The highest BCUT2D eigenvalue weighted by molar-refractivity contribution is 7.96. The Morgan fingerprint density at radius 2 is 1.27 bits per heavy atom. The molecule has 0 atom stereocenters. The zero-order valence-electron chi connectivity index (χ0n) is 8.36.